The molecule has 9 nitrogen and oxygen atoms in total. The van der Waals surface area contributed by atoms with Crippen molar-refractivity contribution in [3.05, 3.63) is 57.6 Å². The summed E-state index contributed by atoms with van der Waals surface area (Å²) in [7, 11) is 0. The number of hydrogen-bond donors (Lipinski definition) is 4. The smallest absolute Gasteiger partial charge is 0.407 e. The van der Waals surface area contributed by atoms with E-state index in [1.165, 1.54) is 0 Å². The Morgan fingerprint density at radius 1 is 1.30 bits per heavy atom. The average molecular weight is 546 g/mol. The molecular weight excluding hydrogens is 506 g/mol. The highest BCUT2D eigenvalue weighted by Gasteiger charge is 2.50. The molecule has 2 heterocycles. The van der Waals surface area contributed by atoms with E-state index in [9.17, 15) is 15.2 Å². The number of nitrogens with one attached hydrogen (secondary N) is 2. The summed E-state index contributed by atoms with van der Waals surface area (Å²) in [6.07, 6.45) is 3.00. The summed E-state index contributed by atoms with van der Waals surface area (Å²) in [5.74, 6) is 7.21. The first-order valence-electron chi connectivity index (χ1n) is 13.8. The molecular formula is C31H39N5O4. The van der Waals surface area contributed by atoms with Crippen LogP contribution in [-0.2, 0) is 16.8 Å². The minimum atomic E-state index is -0.934. The number of aromatic amines is 1. The third-order valence-electron chi connectivity index (χ3n) is 7.63. The highest BCUT2D eigenvalue weighted by molar-refractivity contribution is 5.68. The molecule has 1 saturated carbocycles. The highest BCUT2D eigenvalue weighted by Crippen LogP contribution is 2.52. The van der Waals surface area contributed by atoms with Gasteiger partial charge in [0.1, 0.15) is 17.2 Å². The van der Waals surface area contributed by atoms with E-state index < -0.39 is 11.0 Å². The number of aryl methyl sites for hydroxylation is 1. The van der Waals surface area contributed by atoms with Gasteiger partial charge in [-0.05, 0) is 82.6 Å². The van der Waals surface area contributed by atoms with Crippen LogP contribution in [-0.4, -0.2) is 33.0 Å². The molecule has 9 heteroatoms. The lowest BCUT2D eigenvalue weighted by Crippen LogP contribution is -2.41. The van der Waals surface area contributed by atoms with E-state index in [2.05, 4.69) is 33.4 Å². The van der Waals surface area contributed by atoms with Crippen molar-refractivity contribution in [1.82, 2.24) is 15.5 Å². The van der Waals surface area contributed by atoms with Gasteiger partial charge in [0.2, 0.25) is 11.8 Å². The molecule has 1 unspecified atom stereocenters. The van der Waals surface area contributed by atoms with Crippen LogP contribution in [0.3, 0.4) is 0 Å². The minimum absolute atomic E-state index is 0.0222. The second kappa shape index (κ2) is 11.3. The molecule has 0 bridgehead atoms. The number of H-pyrrole nitrogens is 1. The van der Waals surface area contributed by atoms with Crippen molar-refractivity contribution in [2.24, 2.45) is 17.6 Å². The molecule has 1 aliphatic carbocycles. The first-order chi connectivity index (χ1) is 18.9. The van der Waals surface area contributed by atoms with Gasteiger partial charge in [0.05, 0.1) is 17.6 Å². The Morgan fingerprint density at radius 2 is 2.00 bits per heavy atom. The van der Waals surface area contributed by atoms with E-state index in [4.69, 9.17) is 15.2 Å². The molecule has 0 spiro atoms. The Bertz CT molecular complexity index is 1410. The number of allylic oxidation sites excluding steroid dienone is 1. The van der Waals surface area contributed by atoms with Gasteiger partial charge >= 0.3 is 6.09 Å². The number of ether oxygens (including phenoxy) is 2. The third-order valence-corrected chi connectivity index (χ3v) is 7.63. The van der Waals surface area contributed by atoms with Gasteiger partial charge in [0.25, 0.3) is 0 Å². The fourth-order valence-corrected chi connectivity index (χ4v) is 5.89. The van der Waals surface area contributed by atoms with E-state index in [1.807, 2.05) is 59.7 Å². The Hall–Kier alpha value is -3.95. The molecule has 2 aliphatic rings. The number of aliphatic hydroxyl groups excluding tert-OH is 1. The molecule has 1 atom stereocenters. The predicted molar refractivity (Wildman–Crippen MR) is 151 cm³/mol. The standard InChI is InChI=1S/C31H39N5O4/c1-18(2)31(25(16-32)27(33)39-28-26(31)19(3)35-36-28)23-14-21(13-22(15-23)17-37)8-7-20-9-11-24(12-10-20)34-29(38)40-30(4,5)6/h13-15,18,20,24,37H,9-12,17,33H2,1-6H3,(H,34,38)(H,35,36). The topological polar surface area (TPSA) is 146 Å². The van der Waals surface area contributed by atoms with Crippen LogP contribution in [0.2, 0.25) is 0 Å². The lowest BCUT2D eigenvalue weighted by Gasteiger charge is -2.41. The average Bonchev–Trinajstić information content (AvgIpc) is 3.25. The number of nitrogens with two attached hydrogens (primary N) is 1. The first-order valence-corrected chi connectivity index (χ1v) is 13.8. The number of amides is 1. The van der Waals surface area contributed by atoms with E-state index in [0.717, 1.165) is 48.1 Å². The number of carbonyl (C=O) groups is 1. The van der Waals surface area contributed by atoms with E-state index in [-0.39, 0.29) is 36.5 Å². The molecule has 0 saturated heterocycles. The van der Waals surface area contributed by atoms with Crippen molar-refractivity contribution in [2.45, 2.75) is 90.9 Å². The van der Waals surface area contributed by atoms with Crippen molar-refractivity contribution < 1.29 is 19.4 Å². The molecule has 1 aliphatic heterocycles. The van der Waals surface area contributed by atoms with Gasteiger partial charge in [-0.3, -0.25) is 5.10 Å². The summed E-state index contributed by atoms with van der Waals surface area (Å²) in [5.41, 5.74) is 8.91. The van der Waals surface area contributed by atoms with Gasteiger partial charge in [0.15, 0.2) is 0 Å². The summed E-state index contributed by atoms with van der Waals surface area (Å²) < 4.78 is 11.1. The number of benzene rings is 1. The molecule has 4 rings (SSSR count). The van der Waals surface area contributed by atoms with Gasteiger partial charge in [-0.2, -0.15) is 5.26 Å². The number of nitriles is 1. The zero-order valence-corrected chi connectivity index (χ0v) is 24.1. The number of carbonyl (C=O) groups excluding carboxylic acids is 1. The van der Waals surface area contributed by atoms with Gasteiger partial charge < -0.3 is 25.6 Å². The summed E-state index contributed by atoms with van der Waals surface area (Å²) in [6, 6.07) is 8.14. The van der Waals surface area contributed by atoms with Crippen LogP contribution in [0.1, 0.15) is 88.2 Å². The molecule has 1 amide bonds. The molecule has 2 aromatic rings. The van der Waals surface area contributed by atoms with Crippen LogP contribution < -0.4 is 15.8 Å². The van der Waals surface area contributed by atoms with E-state index in [0.29, 0.717) is 17.0 Å². The number of nitrogens with zero attached hydrogens (tertiary/aromatic N) is 2. The van der Waals surface area contributed by atoms with Crippen LogP contribution in [0.4, 0.5) is 4.79 Å². The van der Waals surface area contributed by atoms with Gasteiger partial charge in [-0.15, -0.1) is 5.10 Å². The molecule has 5 N–H and O–H groups in total. The van der Waals surface area contributed by atoms with Crippen LogP contribution in [0, 0.1) is 41.9 Å². The van der Waals surface area contributed by atoms with Gasteiger partial charge in [0, 0.05) is 23.2 Å². The molecule has 40 heavy (non-hydrogen) atoms. The normalized spacial score (nSPS) is 22.5. The number of alkyl carbamates (subject to hydrolysis) is 1. The maximum Gasteiger partial charge on any atom is 0.407 e. The number of aliphatic hydroxyl groups is 1. The molecule has 212 valence electrons. The highest BCUT2D eigenvalue weighted by atomic mass is 16.6. The van der Waals surface area contributed by atoms with Crippen molar-refractivity contribution in [2.75, 3.05) is 0 Å². The molecule has 1 aromatic carbocycles. The number of hydrogen-bond acceptors (Lipinski definition) is 7. The van der Waals surface area contributed by atoms with Crippen molar-refractivity contribution in [3.8, 4) is 23.8 Å². The molecule has 1 fully saturated rings. The van der Waals surface area contributed by atoms with Crippen LogP contribution in [0.25, 0.3) is 0 Å². The van der Waals surface area contributed by atoms with E-state index in [1.54, 1.807) is 0 Å². The van der Waals surface area contributed by atoms with Crippen molar-refractivity contribution in [3.63, 3.8) is 0 Å². The fraction of sp³-hybridized carbons (Fsp3) is 0.516. The second-order valence-corrected chi connectivity index (χ2v) is 12.0. The predicted octanol–water partition coefficient (Wildman–Crippen LogP) is 4.67. The van der Waals surface area contributed by atoms with E-state index >= 15 is 0 Å². The van der Waals surface area contributed by atoms with Crippen LogP contribution in [0.5, 0.6) is 5.88 Å². The Morgan fingerprint density at radius 3 is 2.60 bits per heavy atom. The first kappa shape index (κ1) is 29.0. The monoisotopic (exact) mass is 545 g/mol. The van der Waals surface area contributed by atoms with Gasteiger partial charge in [-0.25, -0.2) is 4.79 Å². The summed E-state index contributed by atoms with van der Waals surface area (Å²) in [6.45, 7) is 11.3. The Labute approximate surface area is 236 Å². The van der Waals surface area contributed by atoms with Gasteiger partial charge in [-0.1, -0.05) is 31.8 Å². The summed E-state index contributed by atoms with van der Waals surface area (Å²) >= 11 is 0. The number of rotatable bonds is 4. The molecule has 0 radical (unpaired) electrons. The maximum atomic E-state index is 12.1. The lowest BCUT2D eigenvalue weighted by molar-refractivity contribution is 0.0490. The minimum Gasteiger partial charge on any atom is -0.444 e. The fourth-order valence-electron chi connectivity index (χ4n) is 5.89. The summed E-state index contributed by atoms with van der Waals surface area (Å²) in [5, 5.41) is 30.6. The zero-order valence-electron chi connectivity index (χ0n) is 24.1. The Kier molecular flexibility index (Phi) is 8.18. The SMILES string of the molecule is Cc1[nH]nc2c1C(c1cc(C#CC3CCC(NC(=O)OC(C)(C)C)CC3)cc(CO)c1)(C(C)C)C(C#N)=C(N)O2. The van der Waals surface area contributed by atoms with Crippen molar-refractivity contribution in [1.29, 1.82) is 5.26 Å². The third kappa shape index (κ3) is 5.66. The Balaban J connectivity index is 1.64. The van der Waals surface area contributed by atoms with Crippen LogP contribution in [0.15, 0.2) is 29.7 Å². The van der Waals surface area contributed by atoms with Crippen LogP contribution >= 0.6 is 0 Å². The lowest BCUT2D eigenvalue weighted by atomic mass is 9.61. The quantitative estimate of drug-likeness (QED) is 0.408. The number of aromatic nitrogens is 2. The summed E-state index contributed by atoms with van der Waals surface area (Å²) in [4.78, 5) is 12.1. The molecule has 1 aromatic heterocycles. The number of fused-ring (bicyclic) bond motifs is 1. The second-order valence-electron chi connectivity index (χ2n) is 12.0. The maximum absolute atomic E-state index is 12.1. The largest absolute Gasteiger partial charge is 0.444 e. The van der Waals surface area contributed by atoms with Crippen molar-refractivity contribution >= 4 is 6.09 Å². The zero-order chi connectivity index (χ0) is 29.2.